The summed E-state index contributed by atoms with van der Waals surface area (Å²) in [7, 11) is 1.64. The summed E-state index contributed by atoms with van der Waals surface area (Å²) in [6.45, 7) is 2.45. The largest absolute Gasteiger partial charge is 0.497 e. The van der Waals surface area contributed by atoms with Gasteiger partial charge in [-0.1, -0.05) is 0 Å². The van der Waals surface area contributed by atoms with Crippen LogP contribution in [0.15, 0.2) is 24.3 Å². The van der Waals surface area contributed by atoms with Gasteiger partial charge in [-0.25, -0.2) is 0 Å². The summed E-state index contributed by atoms with van der Waals surface area (Å²) in [5.41, 5.74) is 0.944. The molecule has 0 aliphatic rings. The van der Waals surface area contributed by atoms with E-state index in [2.05, 4.69) is 15.2 Å². The lowest BCUT2D eigenvalue weighted by molar-refractivity contribution is 0.314. The van der Waals surface area contributed by atoms with Gasteiger partial charge < -0.3 is 9.47 Å². The quantitative estimate of drug-likeness (QED) is 0.852. The molecule has 0 aliphatic heterocycles. The first-order chi connectivity index (χ1) is 7.83. The van der Waals surface area contributed by atoms with E-state index < -0.39 is 0 Å². The summed E-state index contributed by atoms with van der Waals surface area (Å²) in [6, 6.07) is 7.94. The zero-order valence-corrected chi connectivity index (χ0v) is 9.23. The van der Waals surface area contributed by atoms with E-state index in [4.69, 9.17) is 9.47 Å². The molecule has 5 heteroatoms. The van der Waals surface area contributed by atoms with Crippen LogP contribution in [-0.2, 0) is 0 Å². The predicted octanol–water partition coefficient (Wildman–Crippen LogP) is 1.88. The Morgan fingerprint density at radius 3 is 2.62 bits per heavy atom. The number of hydrogen-bond acceptors (Lipinski definition) is 4. The van der Waals surface area contributed by atoms with Crippen LogP contribution in [-0.4, -0.2) is 28.9 Å². The van der Waals surface area contributed by atoms with Crippen molar-refractivity contribution in [1.29, 1.82) is 0 Å². The summed E-state index contributed by atoms with van der Waals surface area (Å²) in [6.07, 6.45) is 0. The average Bonchev–Trinajstić information content (AvgIpc) is 2.78. The third kappa shape index (κ3) is 2.13. The first-order valence-electron chi connectivity index (χ1n) is 5.03. The maximum absolute atomic E-state index is 5.17. The molecular weight excluding hydrogens is 206 g/mol. The van der Waals surface area contributed by atoms with Gasteiger partial charge in [0, 0.05) is 5.56 Å². The molecule has 0 atom stereocenters. The van der Waals surface area contributed by atoms with E-state index in [9.17, 15) is 0 Å². The molecule has 0 aliphatic carbocycles. The number of methoxy groups -OCH3 is 1. The first kappa shape index (κ1) is 10.5. The highest BCUT2D eigenvalue weighted by atomic mass is 16.5. The van der Waals surface area contributed by atoms with Crippen molar-refractivity contribution in [3.63, 3.8) is 0 Å². The van der Waals surface area contributed by atoms with Crippen LogP contribution in [0.2, 0.25) is 0 Å². The Hall–Kier alpha value is -2.04. The van der Waals surface area contributed by atoms with Crippen LogP contribution in [0.4, 0.5) is 0 Å². The van der Waals surface area contributed by atoms with Gasteiger partial charge in [-0.05, 0) is 31.2 Å². The van der Waals surface area contributed by atoms with Gasteiger partial charge in [0.15, 0.2) is 5.82 Å². The minimum absolute atomic E-state index is 0.369. The Morgan fingerprint density at radius 2 is 2.00 bits per heavy atom. The maximum Gasteiger partial charge on any atom is 0.335 e. The fourth-order valence-corrected chi connectivity index (χ4v) is 1.32. The predicted molar refractivity (Wildman–Crippen MR) is 59.5 cm³/mol. The lowest BCUT2D eigenvalue weighted by Crippen LogP contribution is -1.92. The van der Waals surface area contributed by atoms with Crippen molar-refractivity contribution in [2.45, 2.75) is 6.92 Å². The van der Waals surface area contributed by atoms with Gasteiger partial charge >= 0.3 is 6.01 Å². The number of benzene rings is 1. The summed E-state index contributed by atoms with van der Waals surface area (Å²) < 4.78 is 10.3. The van der Waals surface area contributed by atoms with Crippen molar-refractivity contribution in [3.8, 4) is 23.1 Å². The number of nitrogens with one attached hydrogen (secondary N) is 1. The van der Waals surface area contributed by atoms with Crippen molar-refractivity contribution >= 4 is 0 Å². The monoisotopic (exact) mass is 219 g/mol. The van der Waals surface area contributed by atoms with Crippen molar-refractivity contribution in [2.24, 2.45) is 0 Å². The molecule has 2 aromatic rings. The zero-order chi connectivity index (χ0) is 11.4. The molecule has 0 saturated carbocycles. The molecule has 1 aromatic heterocycles. The van der Waals surface area contributed by atoms with Gasteiger partial charge in [-0.15, -0.1) is 5.10 Å². The molecule has 16 heavy (non-hydrogen) atoms. The highest BCUT2D eigenvalue weighted by Gasteiger charge is 2.05. The molecular formula is C11H13N3O2. The summed E-state index contributed by atoms with van der Waals surface area (Å²) in [5.74, 6) is 1.50. The molecule has 84 valence electrons. The van der Waals surface area contributed by atoms with Gasteiger partial charge in [-0.2, -0.15) is 4.98 Å². The molecule has 0 fully saturated rings. The van der Waals surface area contributed by atoms with E-state index in [1.807, 2.05) is 31.2 Å². The summed E-state index contributed by atoms with van der Waals surface area (Å²) in [4.78, 5) is 4.20. The molecule has 1 aromatic carbocycles. The van der Waals surface area contributed by atoms with Gasteiger partial charge in [0.1, 0.15) is 5.75 Å². The molecule has 1 heterocycles. The Bertz CT molecular complexity index is 451. The molecule has 0 amide bonds. The summed E-state index contributed by atoms with van der Waals surface area (Å²) >= 11 is 0. The van der Waals surface area contributed by atoms with Crippen molar-refractivity contribution < 1.29 is 9.47 Å². The highest BCUT2D eigenvalue weighted by Crippen LogP contribution is 2.20. The third-order valence-corrected chi connectivity index (χ3v) is 2.10. The van der Waals surface area contributed by atoms with Gasteiger partial charge in [-0.3, -0.25) is 5.10 Å². The molecule has 2 rings (SSSR count). The maximum atomic E-state index is 5.17. The number of hydrogen-bond donors (Lipinski definition) is 1. The van der Waals surface area contributed by atoms with Crippen LogP contribution in [0.1, 0.15) is 6.92 Å². The molecule has 1 N–H and O–H groups in total. The highest BCUT2D eigenvalue weighted by molar-refractivity contribution is 5.56. The lowest BCUT2D eigenvalue weighted by Gasteiger charge is -1.99. The fraction of sp³-hybridized carbons (Fsp3) is 0.273. The smallest absolute Gasteiger partial charge is 0.335 e. The van der Waals surface area contributed by atoms with Crippen LogP contribution in [0.25, 0.3) is 11.4 Å². The molecule has 0 spiro atoms. The van der Waals surface area contributed by atoms with E-state index >= 15 is 0 Å². The van der Waals surface area contributed by atoms with Gasteiger partial charge in [0.2, 0.25) is 0 Å². The minimum Gasteiger partial charge on any atom is -0.497 e. The van der Waals surface area contributed by atoms with Crippen molar-refractivity contribution in [3.05, 3.63) is 24.3 Å². The summed E-state index contributed by atoms with van der Waals surface area (Å²) in [5, 5.41) is 6.75. The molecule has 0 radical (unpaired) electrons. The van der Waals surface area contributed by atoms with Crippen LogP contribution >= 0.6 is 0 Å². The lowest BCUT2D eigenvalue weighted by atomic mass is 10.2. The van der Waals surface area contributed by atoms with Gasteiger partial charge in [0.05, 0.1) is 13.7 Å². The number of aromatic amines is 1. The molecule has 0 saturated heterocycles. The van der Waals surface area contributed by atoms with Crippen molar-refractivity contribution in [2.75, 3.05) is 13.7 Å². The van der Waals surface area contributed by atoms with E-state index in [0.717, 1.165) is 11.3 Å². The Morgan fingerprint density at radius 1 is 1.25 bits per heavy atom. The van der Waals surface area contributed by atoms with Crippen LogP contribution in [0, 0.1) is 0 Å². The van der Waals surface area contributed by atoms with E-state index in [1.54, 1.807) is 7.11 Å². The number of rotatable bonds is 4. The first-order valence-corrected chi connectivity index (χ1v) is 5.03. The number of nitrogens with zero attached hydrogens (tertiary/aromatic N) is 2. The Kier molecular flexibility index (Phi) is 3.05. The zero-order valence-electron chi connectivity index (χ0n) is 9.23. The Labute approximate surface area is 93.4 Å². The second kappa shape index (κ2) is 4.65. The topological polar surface area (TPSA) is 60.0 Å². The molecule has 5 nitrogen and oxygen atoms in total. The number of ether oxygens (including phenoxy) is 2. The second-order valence-corrected chi connectivity index (χ2v) is 3.13. The van der Waals surface area contributed by atoms with E-state index in [-0.39, 0.29) is 0 Å². The minimum atomic E-state index is 0.369. The standard InChI is InChI=1S/C11H13N3O2/c1-3-16-11-12-10(13-14-11)8-4-6-9(15-2)7-5-8/h4-7H,3H2,1-2H3,(H,12,13,14). The number of H-pyrrole nitrogens is 1. The normalized spacial score (nSPS) is 10.1. The van der Waals surface area contributed by atoms with Crippen LogP contribution in [0.3, 0.4) is 0 Å². The fourth-order valence-electron chi connectivity index (χ4n) is 1.32. The second-order valence-electron chi connectivity index (χ2n) is 3.13. The SMILES string of the molecule is CCOc1n[nH]c(-c2ccc(OC)cc2)n1. The average molecular weight is 219 g/mol. The van der Waals surface area contributed by atoms with E-state index in [0.29, 0.717) is 18.4 Å². The van der Waals surface area contributed by atoms with Gasteiger partial charge in [0.25, 0.3) is 0 Å². The van der Waals surface area contributed by atoms with Crippen molar-refractivity contribution in [1.82, 2.24) is 15.2 Å². The third-order valence-electron chi connectivity index (χ3n) is 2.10. The van der Waals surface area contributed by atoms with E-state index in [1.165, 1.54) is 0 Å². The van der Waals surface area contributed by atoms with Crippen LogP contribution < -0.4 is 9.47 Å². The number of aromatic nitrogens is 3. The molecule has 0 unspecified atom stereocenters. The van der Waals surface area contributed by atoms with Crippen LogP contribution in [0.5, 0.6) is 11.8 Å². The Balaban J connectivity index is 2.21. The molecule has 0 bridgehead atoms.